The molecule has 1 aromatic rings. The van der Waals surface area contributed by atoms with Crippen molar-refractivity contribution >= 4 is 11.6 Å². The van der Waals surface area contributed by atoms with Gasteiger partial charge in [-0.3, -0.25) is 4.79 Å². The van der Waals surface area contributed by atoms with E-state index in [4.69, 9.17) is 10.8 Å². The van der Waals surface area contributed by atoms with Crippen LogP contribution in [-0.4, -0.2) is 17.1 Å². The van der Waals surface area contributed by atoms with E-state index in [0.717, 1.165) is 12.0 Å². The largest absolute Gasteiger partial charge is 0.392 e. The highest BCUT2D eigenvalue weighted by Crippen LogP contribution is 2.12. The molecule has 17 heavy (non-hydrogen) atoms. The summed E-state index contributed by atoms with van der Waals surface area (Å²) in [6.07, 6.45) is 0.873. The molecular weight excluding hydrogens is 216 g/mol. The second-order valence-electron chi connectivity index (χ2n) is 4.26. The van der Waals surface area contributed by atoms with Crippen LogP contribution in [0.25, 0.3) is 0 Å². The average Bonchev–Trinajstić information content (AvgIpc) is 2.37. The van der Waals surface area contributed by atoms with Gasteiger partial charge in [0.25, 0.3) is 0 Å². The van der Waals surface area contributed by atoms with Crippen LogP contribution in [0.4, 0.5) is 5.69 Å². The molecule has 1 rings (SSSR count). The first kappa shape index (κ1) is 13.7. The Labute approximate surface area is 102 Å². The zero-order chi connectivity index (χ0) is 12.8. The Morgan fingerprint density at radius 1 is 1.41 bits per heavy atom. The molecule has 0 heterocycles. The number of carbonyl (C=O) groups is 1. The monoisotopic (exact) mass is 236 g/mol. The van der Waals surface area contributed by atoms with Gasteiger partial charge in [-0.1, -0.05) is 32.4 Å². The molecule has 4 N–H and O–H groups in total. The smallest absolute Gasteiger partial charge is 0.241 e. The minimum Gasteiger partial charge on any atom is -0.392 e. The number of anilines is 1. The lowest BCUT2D eigenvalue weighted by molar-refractivity contribution is -0.118. The Kier molecular flexibility index (Phi) is 5.12. The fourth-order valence-electron chi connectivity index (χ4n) is 1.43. The van der Waals surface area contributed by atoms with Gasteiger partial charge in [-0.25, -0.2) is 0 Å². The van der Waals surface area contributed by atoms with Crippen LogP contribution < -0.4 is 11.1 Å². The zero-order valence-electron chi connectivity index (χ0n) is 10.3. The Morgan fingerprint density at radius 3 is 2.47 bits per heavy atom. The molecular formula is C13H20N2O2. The SMILES string of the molecule is CCC(C)C(N)C(=O)Nc1ccc(CO)cc1. The Morgan fingerprint density at radius 2 is 2.00 bits per heavy atom. The third kappa shape index (κ3) is 3.84. The van der Waals surface area contributed by atoms with Crippen molar-refractivity contribution < 1.29 is 9.90 Å². The Balaban J connectivity index is 2.61. The zero-order valence-corrected chi connectivity index (χ0v) is 10.3. The van der Waals surface area contributed by atoms with Crippen LogP contribution in [-0.2, 0) is 11.4 Å². The predicted molar refractivity (Wildman–Crippen MR) is 68.4 cm³/mol. The second kappa shape index (κ2) is 6.37. The van der Waals surface area contributed by atoms with E-state index in [1.807, 2.05) is 13.8 Å². The first-order chi connectivity index (χ1) is 8.08. The van der Waals surface area contributed by atoms with E-state index >= 15 is 0 Å². The number of hydrogen-bond acceptors (Lipinski definition) is 3. The lowest BCUT2D eigenvalue weighted by atomic mass is 9.99. The third-order valence-electron chi connectivity index (χ3n) is 2.96. The van der Waals surface area contributed by atoms with Gasteiger partial charge < -0.3 is 16.2 Å². The van der Waals surface area contributed by atoms with Crippen molar-refractivity contribution in [1.82, 2.24) is 0 Å². The van der Waals surface area contributed by atoms with E-state index in [1.54, 1.807) is 24.3 Å². The molecule has 0 saturated heterocycles. The number of rotatable bonds is 5. The normalized spacial score (nSPS) is 14.1. The maximum Gasteiger partial charge on any atom is 0.241 e. The lowest BCUT2D eigenvalue weighted by Gasteiger charge is -2.17. The van der Waals surface area contributed by atoms with E-state index in [9.17, 15) is 4.79 Å². The fraction of sp³-hybridized carbons (Fsp3) is 0.462. The van der Waals surface area contributed by atoms with E-state index in [1.165, 1.54) is 0 Å². The number of aliphatic hydroxyl groups excluding tert-OH is 1. The molecule has 0 saturated carbocycles. The molecule has 4 nitrogen and oxygen atoms in total. The first-order valence-electron chi connectivity index (χ1n) is 5.84. The molecule has 0 spiro atoms. The van der Waals surface area contributed by atoms with Gasteiger partial charge in [-0.15, -0.1) is 0 Å². The van der Waals surface area contributed by atoms with Crippen LogP contribution in [0.2, 0.25) is 0 Å². The molecule has 94 valence electrons. The molecule has 0 bridgehead atoms. The maximum atomic E-state index is 11.8. The summed E-state index contributed by atoms with van der Waals surface area (Å²) in [7, 11) is 0. The van der Waals surface area contributed by atoms with Crippen LogP contribution in [0.5, 0.6) is 0 Å². The van der Waals surface area contributed by atoms with Gasteiger partial charge in [0.2, 0.25) is 5.91 Å². The molecule has 0 fully saturated rings. The van der Waals surface area contributed by atoms with Crippen molar-refractivity contribution in [3.63, 3.8) is 0 Å². The number of hydrogen-bond donors (Lipinski definition) is 3. The van der Waals surface area contributed by atoms with Crippen molar-refractivity contribution in [1.29, 1.82) is 0 Å². The molecule has 1 aromatic carbocycles. The molecule has 4 heteroatoms. The highest BCUT2D eigenvalue weighted by molar-refractivity contribution is 5.94. The minimum atomic E-state index is -0.488. The summed E-state index contributed by atoms with van der Waals surface area (Å²) in [5.41, 5.74) is 7.34. The first-order valence-corrected chi connectivity index (χ1v) is 5.84. The number of aliphatic hydroxyl groups is 1. The molecule has 1 amide bonds. The summed E-state index contributed by atoms with van der Waals surface area (Å²) in [4.78, 5) is 11.8. The number of nitrogens with one attached hydrogen (secondary N) is 1. The maximum absolute atomic E-state index is 11.8. The number of benzene rings is 1. The molecule has 2 unspecified atom stereocenters. The molecule has 2 atom stereocenters. The van der Waals surface area contributed by atoms with Crippen LogP contribution in [0.1, 0.15) is 25.8 Å². The third-order valence-corrected chi connectivity index (χ3v) is 2.96. The van der Waals surface area contributed by atoms with E-state index in [-0.39, 0.29) is 18.4 Å². The predicted octanol–water partition coefficient (Wildman–Crippen LogP) is 1.49. The summed E-state index contributed by atoms with van der Waals surface area (Å²) < 4.78 is 0. The van der Waals surface area contributed by atoms with Gasteiger partial charge >= 0.3 is 0 Å². The number of amides is 1. The van der Waals surface area contributed by atoms with Gasteiger partial charge in [-0.05, 0) is 23.6 Å². The Hall–Kier alpha value is -1.39. The quantitative estimate of drug-likeness (QED) is 0.725. The van der Waals surface area contributed by atoms with Crippen LogP contribution in [0.15, 0.2) is 24.3 Å². The van der Waals surface area contributed by atoms with Crippen LogP contribution >= 0.6 is 0 Å². The van der Waals surface area contributed by atoms with Crippen molar-refractivity contribution in [3.05, 3.63) is 29.8 Å². The minimum absolute atomic E-state index is 0.000604. The molecule has 0 aliphatic carbocycles. The van der Waals surface area contributed by atoms with Crippen molar-refractivity contribution in [2.75, 3.05) is 5.32 Å². The fourth-order valence-corrected chi connectivity index (χ4v) is 1.43. The number of nitrogens with two attached hydrogens (primary N) is 1. The van der Waals surface area contributed by atoms with Crippen molar-refractivity contribution in [2.24, 2.45) is 11.7 Å². The van der Waals surface area contributed by atoms with E-state index < -0.39 is 6.04 Å². The van der Waals surface area contributed by atoms with Crippen molar-refractivity contribution in [3.8, 4) is 0 Å². The van der Waals surface area contributed by atoms with Crippen molar-refractivity contribution in [2.45, 2.75) is 32.9 Å². The van der Waals surface area contributed by atoms with Gasteiger partial charge in [0.05, 0.1) is 12.6 Å². The topological polar surface area (TPSA) is 75.4 Å². The summed E-state index contributed by atoms with van der Waals surface area (Å²) in [6.45, 7) is 3.97. The number of carbonyl (C=O) groups excluding carboxylic acids is 1. The average molecular weight is 236 g/mol. The summed E-state index contributed by atoms with van der Waals surface area (Å²) in [5, 5.41) is 11.7. The molecule has 0 aromatic heterocycles. The lowest BCUT2D eigenvalue weighted by Crippen LogP contribution is -2.40. The van der Waals surface area contributed by atoms with Crippen LogP contribution in [0.3, 0.4) is 0 Å². The van der Waals surface area contributed by atoms with Gasteiger partial charge in [0.1, 0.15) is 0 Å². The van der Waals surface area contributed by atoms with Gasteiger partial charge in [0.15, 0.2) is 0 Å². The Bertz CT molecular complexity index is 362. The summed E-state index contributed by atoms with van der Waals surface area (Å²) >= 11 is 0. The van der Waals surface area contributed by atoms with E-state index in [2.05, 4.69) is 5.32 Å². The summed E-state index contributed by atoms with van der Waals surface area (Å²) in [5.74, 6) is -0.0113. The highest BCUT2D eigenvalue weighted by atomic mass is 16.3. The van der Waals surface area contributed by atoms with Gasteiger partial charge in [0, 0.05) is 5.69 Å². The molecule has 0 aliphatic rings. The van der Waals surface area contributed by atoms with E-state index in [0.29, 0.717) is 5.69 Å². The standard InChI is InChI=1S/C13H20N2O2/c1-3-9(2)12(14)13(17)15-11-6-4-10(8-16)5-7-11/h4-7,9,12,16H,3,8,14H2,1-2H3,(H,15,17). The molecule has 0 aliphatic heterocycles. The van der Waals surface area contributed by atoms with Crippen LogP contribution in [0, 0.1) is 5.92 Å². The second-order valence-corrected chi connectivity index (χ2v) is 4.26. The highest BCUT2D eigenvalue weighted by Gasteiger charge is 2.19. The summed E-state index contributed by atoms with van der Waals surface area (Å²) in [6, 6.07) is 6.56. The van der Waals surface area contributed by atoms with Gasteiger partial charge in [-0.2, -0.15) is 0 Å². The molecule has 0 radical (unpaired) electrons.